The molecule has 0 radical (unpaired) electrons. The average molecular weight is 274 g/mol. The summed E-state index contributed by atoms with van der Waals surface area (Å²) in [6.07, 6.45) is 2.20. The Morgan fingerprint density at radius 1 is 1.40 bits per heavy atom. The highest BCUT2D eigenvalue weighted by Gasteiger charge is 2.36. The Kier molecular flexibility index (Phi) is 4.55. The van der Waals surface area contributed by atoms with Crippen molar-refractivity contribution in [1.29, 1.82) is 0 Å². The number of carbonyl (C=O) groups is 2. The zero-order valence-electron chi connectivity index (χ0n) is 12.3. The second kappa shape index (κ2) is 6.18. The minimum absolute atomic E-state index is 0.0987. The van der Waals surface area contributed by atoms with Gasteiger partial charge in [0.25, 0.3) is 0 Å². The number of carbonyl (C=O) groups excluding carboxylic acids is 2. The molecule has 4 heteroatoms. The minimum Gasteiger partial charge on any atom is -0.303 e. The first-order valence-corrected chi connectivity index (χ1v) is 7.09. The average Bonchev–Trinajstić information content (AvgIpc) is 2.64. The Hall–Kier alpha value is -1.68. The molecule has 4 nitrogen and oxygen atoms in total. The van der Waals surface area contributed by atoms with Gasteiger partial charge in [0.05, 0.1) is 12.5 Å². The van der Waals surface area contributed by atoms with Gasteiger partial charge >= 0.3 is 0 Å². The van der Waals surface area contributed by atoms with Gasteiger partial charge < -0.3 is 5.32 Å². The summed E-state index contributed by atoms with van der Waals surface area (Å²) >= 11 is 0. The van der Waals surface area contributed by atoms with Crippen molar-refractivity contribution in [3.63, 3.8) is 0 Å². The lowest BCUT2D eigenvalue weighted by Gasteiger charge is -2.18. The summed E-state index contributed by atoms with van der Waals surface area (Å²) in [6.45, 7) is 4.15. The van der Waals surface area contributed by atoms with Crippen LogP contribution >= 0.6 is 0 Å². The molecule has 2 unspecified atom stereocenters. The summed E-state index contributed by atoms with van der Waals surface area (Å²) < 4.78 is 0. The van der Waals surface area contributed by atoms with Crippen molar-refractivity contribution < 1.29 is 9.59 Å². The van der Waals surface area contributed by atoms with Gasteiger partial charge in [-0.05, 0) is 32.3 Å². The smallest absolute Gasteiger partial charge is 0.246 e. The number of hydrogen-bond donors (Lipinski definition) is 1. The predicted octanol–water partition coefficient (Wildman–Crippen LogP) is 1.66. The summed E-state index contributed by atoms with van der Waals surface area (Å²) in [5.74, 6) is -0.212. The molecular weight excluding hydrogens is 252 g/mol. The maximum absolute atomic E-state index is 11.8. The van der Waals surface area contributed by atoms with Crippen LogP contribution in [0.1, 0.15) is 30.9 Å². The molecule has 0 aliphatic carbocycles. The predicted molar refractivity (Wildman–Crippen MR) is 78.3 cm³/mol. The van der Waals surface area contributed by atoms with Gasteiger partial charge in [0.1, 0.15) is 0 Å². The van der Waals surface area contributed by atoms with Crippen LogP contribution in [-0.2, 0) is 16.0 Å². The SMILES string of the molecule is Cc1cccc(CCC(C)NC2CC(=O)N(C)C2=O)c1. The fraction of sp³-hybridized carbons (Fsp3) is 0.500. The van der Waals surface area contributed by atoms with E-state index in [0.717, 1.165) is 12.8 Å². The van der Waals surface area contributed by atoms with Crippen molar-refractivity contribution >= 4 is 11.8 Å². The van der Waals surface area contributed by atoms with Gasteiger partial charge in [-0.3, -0.25) is 14.5 Å². The second-order valence-corrected chi connectivity index (χ2v) is 5.64. The monoisotopic (exact) mass is 274 g/mol. The highest BCUT2D eigenvalue weighted by molar-refractivity contribution is 6.05. The first-order valence-electron chi connectivity index (χ1n) is 7.09. The summed E-state index contributed by atoms with van der Waals surface area (Å²) in [5.41, 5.74) is 2.57. The standard InChI is InChI=1S/C16H22N2O2/c1-11-5-4-6-13(9-11)8-7-12(2)17-14-10-15(19)18(3)16(14)20/h4-6,9,12,14,17H,7-8,10H2,1-3H3. The number of benzene rings is 1. The van der Waals surface area contributed by atoms with Crippen molar-refractivity contribution in [3.8, 4) is 0 Å². The van der Waals surface area contributed by atoms with Gasteiger partial charge in [-0.15, -0.1) is 0 Å². The number of likely N-dealkylation sites (N-methyl/N-ethyl adjacent to an activating group) is 1. The molecule has 1 saturated heterocycles. The van der Waals surface area contributed by atoms with Crippen LogP contribution in [0.25, 0.3) is 0 Å². The number of aryl methyl sites for hydroxylation is 2. The van der Waals surface area contributed by atoms with Crippen molar-refractivity contribution in [1.82, 2.24) is 10.2 Å². The van der Waals surface area contributed by atoms with Crippen molar-refractivity contribution in [2.45, 2.75) is 45.2 Å². The van der Waals surface area contributed by atoms with E-state index in [9.17, 15) is 9.59 Å². The summed E-state index contributed by atoms with van der Waals surface area (Å²) in [4.78, 5) is 24.5. The maximum atomic E-state index is 11.8. The molecule has 1 fully saturated rings. The van der Waals surface area contributed by atoms with Crippen LogP contribution in [0.5, 0.6) is 0 Å². The van der Waals surface area contributed by atoms with E-state index in [4.69, 9.17) is 0 Å². The first kappa shape index (κ1) is 14.7. The van der Waals surface area contributed by atoms with Crippen LogP contribution in [-0.4, -0.2) is 35.8 Å². The molecule has 1 aromatic carbocycles. The lowest BCUT2D eigenvalue weighted by Crippen LogP contribution is -2.42. The van der Waals surface area contributed by atoms with Crippen LogP contribution < -0.4 is 5.32 Å². The fourth-order valence-corrected chi connectivity index (χ4v) is 2.56. The lowest BCUT2D eigenvalue weighted by atomic mass is 10.0. The number of nitrogens with zero attached hydrogens (tertiary/aromatic N) is 1. The maximum Gasteiger partial charge on any atom is 0.246 e. The third-order valence-electron chi connectivity index (χ3n) is 3.82. The number of nitrogens with one attached hydrogen (secondary N) is 1. The Morgan fingerprint density at radius 3 is 2.75 bits per heavy atom. The lowest BCUT2D eigenvalue weighted by molar-refractivity contribution is -0.137. The summed E-state index contributed by atoms with van der Waals surface area (Å²) in [6, 6.07) is 8.33. The van der Waals surface area contributed by atoms with E-state index in [1.807, 2.05) is 0 Å². The number of imide groups is 1. The highest BCUT2D eigenvalue weighted by atomic mass is 16.2. The van der Waals surface area contributed by atoms with Crippen LogP contribution in [0, 0.1) is 6.92 Å². The zero-order valence-corrected chi connectivity index (χ0v) is 12.3. The van der Waals surface area contributed by atoms with Gasteiger partial charge in [-0.2, -0.15) is 0 Å². The number of likely N-dealkylation sites (tertiary alicyclic amines) is 1. The third-order valence-corrected chi connectivity index (χ3v) is 3.82. The molecule has 1 aromatic rings. The number of hydrogen-bond acceptors (Lipinski definition) is 3. The molecule has 2 rings (SSSR count). The Balaban J connectivity index is 1.83. The highest BCUT2D eigenvalue weighted by Crippen LogP contribution is 2.13. The van der Waals surface area contributed by atoms with Crippen molar-refractivity contribution in [2.24, 2.45) is 0 Å². The van der Waals surface area contributed by atoms with E-state index < -0.39 is 0 Å². The van der Waals surface area contributed by atoms with Gasteiger partial charge in [-0.25, -0.2) is 0 Å². The first-order chi connectivity index (χ1) is 9.47. The topological polar surface area (TPSA) is 49.4 Å². The second-order valence-electron chi connectivity index (χ2n) is 5.64. The summed E-state index contributed by atoms with van der Waals surface area (Å²) in [5, 5.41) is 3.26. The zero-order chi connectivity index (χ0) is 14.7. The molecule has 2 atom stereocenters. The van der Waals surface area contributed by atoms with E-state index in [1.54, 1.807) is 7.05 Å². The normalized spacial score (nSPS) is 20.6. The quantitative estimate of drug-likeness (QED) is 0.831. The van der Waals surface area contributed by atoms with Gasteiger partial charge in [0.2, 0.25) is 11.8 Å². The molecule has 20 heavy (non-hydrogen) atoms. The molecule has 0 bridgehead atoms. The molecular formula is C16H22N2O2. The largest absolute Gasteiger partial charge is 0.303 e. The minimum atomic E-state index is -0.347. The number of rotatable bonds is 5. The molecule has 0 spiro atoms. The van der Waals surface area contributed by atoms with E-state index in [0.29, 0.717) is 0 Å². The Bertz CT molecular complexity index is 513. The van der Waals surface area contributed by atoms with Crippen molar-refractivity contribution in [2.75, 3.05) is 7.05 Å². The molecule has 0 aromatic heterocycles. The van der Waals surface area contributed by atoms with Crippen LogP contribution in [0.2, 0.25) is 0 Å². The molecule has 0 saturated carbocycles. The molecule has 2 amide bonds. The summed E-state index contributed by atoms with van der Waals surface area (Å²) in [7, 11) is 1.55. The third kappa shape index (κ3) is 3.45. The van der Waals surface area contributed by atoms with Crippen molar-refractivity contribution in [3.05, 3.63) is 35.4 Å². The van der Waals surface area contributed by atoms with Crippen LogP contribution in [0.15, 0.2) is 24.3 Å². The molecule has 108 valence electrons. The van der Waals surface area contributed by atoms with E-state index >= 15 is 0 Å². The van der Waals surface area contributed by atoms with Crippen LogP contribution in [0.4, 0.5) is 0 Å². The van der Waals surface area contributed by atoms with E-state index in [2.05, 4.69) is 43.4 Å². The Labute approximate surface area is 120 Å². The van der Waals surface area contributed by atoms with Gasteiger partial charge in [0.15, 0.2) is 0 Å². The molecule has 1 aliphatic rings. The fourth-order valence-electron chi connectivity index (χ4n) is 2.56. The molecule has 1 N–H and O–H groups in total. The van der Waals surface area contributed by atoms with Crippen LogP contribution in [0.3, 0.4) is 0 Å². The number of amides is 2. The molecule has 1 aliphatic heterocycles. The van der Waals surface area contributed by atoms with Gasteiger partial charge in [0, 0.05) is 13.1 Å². The Morgan fingerprint density at radius 2 is 2.15 bits per heavy atom. The van der Waals surface area contributed by atoms with Gasteiger partial charge in [-0.1, -0.05) is 29.8 Å². The van der Waals surface area contributed by atoms with E-state index in [-0.39, 0.29) is 30.3 Å². The van der Waals surface area contributed by atoms with E-state index in [1.165, 1.54) is 16.0 Å². The molecule has 1 heterocycles.